The van der Waals surface area contributed by atoms with Crippen LogP contribution < -0.4 is 10.1 Å². The number of nitrogens with zero attached hydrogens (tertiary/aromatic N) is 4. The number of rotatable bonds is 7. The molecule has 0 radical (unpaired) electrons. The van der Waals surface area contributed by atoms with E-state index in [9.17, 15) is 9.90 Å². The van der Waals surface area contributed by atoms with E-state index in [-0.39, 0.29) is 13.2 Å². The van der Waals surface area contributed by atoms with Crippen LogP contribution in [0.5, 0.6) is 5.75 Å². The van der Waals surface area contributed by atoms with Crippen molar-refractivity contribution in [2.75, 3.05) is 20.3 Å². The second kappa shape index (κ2) is 9.07. The number of aryl methyl sites for hydroxylation is 1. The second-order valence-corrected chi connectivity index (χ2v) is 6.20. The van der Waals surface area contributed by atoms with Crippen LogP contribution in [-0.4, -0.2) is 57.8 Å². The zero-order valence-electron chi connectivity index (χ0n) is 15.6. The van der Waals surface area contributed by atoms with E-state index in [4.69, 9.17) is 9.47 Å². The molecule has 0 saturated carbocycles. The monoisotopic (exact) mass is 383 g/mol. The van der Waals surface area contributed by atoms with Crippen LogP contribution in [0.2, 0.25) is 0 Å². The van der Waals surface area contributed by atoms with Crippen LogP contribution >= 0.6 is 0 Å². The molecule has 0 aliphatic rings. The van der Waals surface area contributed by atoms with Crippen molar-refractivity contribution in [2.45, 2.75) is 13.0 Å². The summed E-state index contributed by atoms with van der Waals surface area (Å²) in [6.07, 6.45) is 0.762. The van der Waals surface area contributed by atoms with Gasteiger partial charge in [-0.1, -0.05) is 29.8 Å². The number of hydrogen-bond donors (Lipinski definition) is 2. The molecule has 0 fully saturated rings. The molecule has 1 aromatic heterocycles. The molecule has 9 heteroatoms. The van der Waals surface area contributed by atoms with Gasteiger partial charge in [-0.05, 0) is 40.6 Å². The average molecular weight is 383 g/mol. The van der Waals surface area contributed by atoms with Crippen LogP contribution in [0.4, 0.5) is 4.79 Å². The molecule has 0 unspecified atom stereocenters. The molecule has 1 amide bonds. The van der Waals surface area contributed by atoms with Gasteiger partial charge in [0.1, 0.15) is 12.1 Å². The largest absolute Gasteiger partial charge is 0.412 e. The Morgan fingerprint density at radius 1 is 1.21 bits per heavy atom. The third-order valence-electron chi connectivity index (χ3n) is 4.01. The smallest absolute Gasteiger partial charge is 0.410 e. The molecule has 3 rings (SSSR count). The fourth-order valence-corrected chi connectivity index (χ4v) is 2.61. The number of aliphatic hydroxyl groups is 1. The molecular formula is C19H21N5O4. The highest BCUT2D eigenvalue weighted by Gasteiger charge is 2.14. The standard InChI is InChI=1S/C19H21N5O4/c1-13-3-5-14(6-4-13)15-7-17(24-12-20-22-23-24)9-18(8-15)28-19(26)21-16(10-25)11-27-2/h3-9,12,16,25H,10-11H2,1-2H3,(H,21,26)/t16-/m1/s1. The first-order valence-electron chi connectivity index (χ1n) is 8.62. The summed E-state index contributed by atoms with van der Waals surface area (Å²) in [6, 6.07) is 12.7. The van der Waals surface area contributed by atoms with E-state index in [1.807, 2.05) is 37.3 Å². The Kier molecular flexibility index (Phi) is 6.30. The van der Waals surface area contributed by atoms with Crippen LogP contribution in [0, 0.1) is 6.92 Å². The number of aromatic nitrogens is 4. The second-order valence-electron chi connectivity index (χ2n) is 6.20. The van der Waals surface area contributed by atoms with Gasteiger partial charge < -0.3 is 19.9 Å². The zero-order chi connectivity index (χ0) is 19.9. The molecule has 9 nitrogen and oxygen atoms in total. The highest BCUT2D eigenvalue weighted by atomic mass is 16.6. The van der Waals surface area contributed by atoms with Gasteiger partial charge in [-0.15, -0.1) is 5.10 Å². The van der Waals surface area contributed by atoms with Gasteiger partial charge in [0.2, 0.25) is 0 Å². The number of aliphatic hydroxyl groups excluding tert-OH is 1. The van der Waals surface area contributed by atoms with Crippen LogP contribution in [0.1, 0.15) is 5.56 Å². The van der Waals surface area contributed by atoms with Gasteiger partial charge in [0.05, 0.1) is 24.9 Å². The molecular weight excluding hydrogens is 362 g/mol. The van der Waals surface area contributed by atoms with Crippen molar-refractivity contribution in [3.8, 4) is 22.6 Å². The number of benzene rings is 2. The van der Waals surface area contributed by atoms with Gasteiger partial charge >= 0.3 is 6.09 Å². The predicted molar refractivity (Wildman–Crippen MR) is 101 cm³/mol. The van der Waals surface area contributed by atoms with Gasteiger partial charge in [0, 0.05) is 13.2 Å². The van der Waals surface area contributed by atoms with E-state index in [0.717, 1.165) is 16.7 Å². The summed E-state index contributed by atoms with van der Waals surface area (Å²) in [6.45, 7) is 1.92. The Labute approximate surface area is 161 Å². The van der Waals surface area contributed by atoms with Crippen molar-refractivity contribution >= 4 is 6.09 Å². The first-order valence-corrected chi connectivity index (χ1v) is 8.62. The number of nitrogens with one attached hydrogen (secondary N) is 1. The van der Waals surface area contributed by atoms with Gasteiger partial charge in [-0.2, -0.15) is 0 Å². The first kappa shape index (κ1) is 19.5. The molecule has 1 atom stereocenters. The molecule has 0 saturated heterocycles. The predicted octanol–water partition coefficient (Wildman–Crippen LogP) is 1.73. The fourth-order valence-electron chi connectivity index (χ4n) is 2.61. The van der Waals surface area contributed by atoms with E-state index in [1.54, 1.807) is 12.1 Å². The van der Waals surface area contributed by atoms with E-state index in [0.29, 0.717) is 11.4 Å². The number of carbonyl (C=O) groups excluding carboxylic acids is 1. The molecule has 1 heterocycles. The van der Waals surface area contributed by atoms with Crippen LogP contribution in [0.15, 0.2) is 48.8 Å². The molecule has 2 N–H and O–H groups in total. The van der Waals surface area contributed by atoms with Crippen molar-refractivity contribution < 1.29 is 19.4 Å². The minimum Gasteiger partial charge on any atom is -0.410 e. The topological polar surface area (TPSA) is 111 Å². The molecule has 146 valence electrons. The van der Waals surface area contributed by atoms with Crippen molar-refractivity contribution in [3.63, 3.8) is 0 Å². The quantitative estimate of drug-likeness (QED) is 0.639. The maximum absolute atomic E-state index is 12.2. The molecule has 0 bridgehead atoms. The number of ether oxygens (including phenoxy) is 2. The van der Waals surface area contributed by atoms with Crippen LogP contribution in [-0.2, 0) is 4.74 Å². The van der Waals surface area contributed by atoms with Crippen molar-refractivity contribution in [3.05, 3.63) is 54.4 Å². The van der Waals surface area contributed by atoms with Gasteiger partial charge in [0.15, 0.2) is 0 Å². The average Bonchev–Trinajstić information content (AvgIpc) is 3.23. The summed E-state index contributed by atoms with van der Waals surface area (Å²) >= 11 is 0. The summed E-state index contributed by atoms with van der Waals surface area (Å²) in [5, 5.41) is 23.0. The minimum atomic E-state index is -0.695. The molecule has 2 aromatic carbocycles. The number of hydrogen-bond acceptors (Lipinski definition) is 7. The van der Waals surface area contributed by atoms with Gasteiger partial charge in [-0.3, -0.25) is 0 Å². The number of carbonyl (C=O) groups is 1. The Morgan fingerprint density at radius 2 is 2.00 bits per heavy atom. The maximum Gasteiger partial charge on any atom is 0.412 e. The summed E-state index contributed by atoms with van der Waals surface area (Å²) in [7, 11) is 1.49. The molecule has 3 aromatic rings. The molecule has 0 aliphatic carbocycles. The zero-order valence-corrected chi connectivity index (χ0v) is 15.6. The molecule has 0 spiro atoms. The summed E-state index contributed by atoms with van der Waals surface area (Å²) in [5.41, 5.74) is 3.58. The van der Waals surface area contributed by atoms with Gasteiger partial charge in [-0.25, -0.2) is 9.48 Å². The Bertz CT molecular complexity index is 913. The van der Waals surface area contributed by atoms with Crippen LogP contribution in [0.3, 0.4) is 0 Å². The maximum atomic E-state index is 12.2. The van der Waals surface area contributed by atoms with E-state index in [2.05, 4.69) is 20.8 Å². The van der Waals surface area contributed by atoms with Crippen molar-refractivity contribution in [1.82, 2.24) is 25.5 Å². The van der Waals surface area contributed by atoms with Crippen molar-refractivity contribution in [2.24, 2.45) is 0 Å². The lowest BCUT2D eigenvalue weighted by atomic mass is 10.0. The van der Waals surface area contributed by atoms with Crippen LogP contribution in [0.25, 0.3) is 16.8 Å². The number of amides is 1. The lowest BCUT2D eigenvalue weighted by molar-refractivity contribution is 0.123. The SMILES string of the molecule is COC[C@@H](CO)NC(=O)Oc1cc(-c2ccc(C)cc2)cc(-n2cnnn2)c1. The lowest BCUT2D eigenvalue weighted by Gasteiger charge is -2.16. The Balaban J connectivity index is 1.89. The molecule has 0 aliphatic heterocycles. The normalized spacial score (nSPS) is 11.8. The lowest BCUT2D eigenvalue weighted by Crippen LogP contribution is -2.42. The first-order chi connectivity index (χ1) is 13.6. The highest BCUT2D eigenvalue weighted by Crippen LogP contribution is 2.28. The fraction of sp³-hybridized carbons (Fsp3) is 0.263. The Hall–Kier alpha value is -3.30. The Morgan fingerprint density at radius 3 is 2.64 bits per heavy atom. The summed E-state index contributed by atoms with van der Waals surface area (Å²) < 4.78 is 11.8. The summed E-state index contributed by atoms with van der Waals surface area (Å²) in [4.78, 5) is 12.2. The molecule has 28 heavy (non-hydrogen) atoms. The third kappa shape index (κ3) is 4.90. The van der Waals surface area contributed by atoms with E-state index < -0.39 is 12.1 Å². The van der Waals surface area contributed by atoms with E-state index >= 15 is 0 Å². The number of methoxy groups -OCH3 is 1. The summed E-state index contributed by atoms with van der Waals surface area (Å²) in [5.74, 6) is 0.315. The highest BCUT2D eigenvalue weighted by molar-refractivity contribution is 5.74. The van der Waals surface area contributed by atoms with Gasteiger partial charge in [0.25, 0.3) is 0 Å². The van der Waals surface area contributed by atoms with Crippen molar-refractivity contribution in [1.29, 1.82) is 0 Å². The number of tetrazole rings is 1. The van der Waals surface area contributed by atoms with E-state index in [1.165, 1.54) is 18.1 Å². The minimum absolute atomic E-state index is 0.172. The third-order valence-corrected chi connectivity index (χ3v) is 4.01.